The molecule has 3 rings (SSSR count). The second kappa shape index (κ2) is 7.40. The minimum absolute atomic E-state index is 0.0662. The van der Waals surface area contributed by atoms with Gasteiger partial charge in [0.25, 0.3) is 0 Å². The molecule has 2 aliphatic rings. The predicted octanol–water partition coefficient (Wildman–Crippen LogP) is 1.56. The molecule has 0 saturated carbocycles. The lowest BCUT2D eigenvalue weighted by Crippen LogP contribution is -2.47. The van der Waals surface area contributed by atoms with E-state index in [4.69, 9.17) is 9.47 Å². The van der Waals surface area contributed by atoms with E-state index >= 15 is 0 Å². The Morgan fingerprint density at radius 3 is 2.82 bits per heavy atom. The summed E-state index contributed by atoms with van der Waals surface area (Å²) in [6.07, 6.45) is 2.55. The Balaban J connectivity index is 1.60. The van der Waals surface area contributed by atoms with Gasteiger partial charge in [0.05, 0.1) is 13.2 Å². The second-order valence-corrected chi connectivity index (χ2v) is 6.46. The van der Waals surface area contributed by atoms with Gasteiger partial charge in [-0.05, 0) is 46.0 Å². The van der Waals surface area contributed by atoms with Crippen LogP contribution in [0.2, 0.25) is 0 Å². The maximum atomic E-state index is 6.07. The standard InChI is InChI=1S/C17H27N3O2/c1-14-4-3-5-17(18-14)22-16-12-20(10-11-21-13-16)15-6-8-19(2)9-7-15/h3-5,15-16H,6-13H2,1-2H3/t16-/m1/s1. The van der Waals surface area contributed by atoms with Crippen molar-refractivity contribution >= 4 is 0 Å². The highest BCUT2D eigenvalue weighted by atomic mass is 16.5. The molecule has 0 aliphatic carbocycles. The van der Waals surface area contributed by atoms with Crippen molar-refractivity contribution in [3.63, 3.8) is 0 Å². The summed E-state index contributed by atoms with van der Waals surface area (Å²) in [6, 6.07) is 6.57. The van der Waals surface area contributed by atoms with Crippen LogP contribution in [0.15, 0.2) is 18.2 Å². The van der Waals surface area contributed by atoms with Crippen molar-refractivity contribution in [3.05, 3.63) is 23.9 Å². The largest absolute Gasteiger partial charge is 0.471 e. The topological polar surface area (TPSA) is 37.8 Å². The van der Waals surface area contributed by atoms with Crippen molar-refractivity contribution in [2.45, 2.75) is 31.9 Å². The fourth-order valence-corrected chi connectivity index (χ4v) is 3.32. The molecular formula is C17H27N3O2. The fourth-order valence-electron chi connectivity index (χ4n) is 3.32. The molecule has 22 heavy (non-hydrogen) atoms. The lowest BCUT2D eigenvalue weighted by Gasteiger charge is -2.37. The number of nitrogens with zero attached hydrogens (tertiary/aromatic N) is 3. The Labute approximate surface area is 133 Å². The van der Waals surface area contributed by atoms with E-state index in [2.05, 4.69) is 21.8 Å². The maximum Gasteiger partial charge on any atom is 0.213 e. The van der Waals surface area contributed by atoms with Gasteiger partial charge in [-0.25, -0.2) is 4.98 Å². The van der Waals surface area contributed by atoms with Crippen LogP contribution in [0, 0.1) is 6.92 Å². The lowest BCUT2D eigenvalue weighted by atomic mass is 10.0. The molecule has 5 heteroatoms. The number of ether oxygens (including phenoxy) is 2. The first-order valence-electron chi connectivity index (χ1n) is 8.31. The zero-order chi connectivity index (χ0) is 15.4. The molecule has 0 radical (unpaired) electrons. The van der Waals surface area contributed by atoms with Gasteiger partial charge in [0, 0.05) is 30.9 Å². The van der Waals surface area contributed by atoms with E-state index in [9.17, 15) is 0 Å². The van der Waals surface area contributed by atoms with E-state index in [0.29, 0.717) is 18.5 Å². The Hall–Kier alpha value is -1.17. The van der Waals surface area contributed by atoms with Crippen LogP contribution >= 0.6 is 0 Å². The minimum atomic E-state index is 0.0662. The van der Waals surface area contributed by atoms with Crippen molar-refractivity contribution in [1.82, 2.24) is 14.8 Å². The third-order valence-electron chi connectivity index (χ3n) is 4.62. The van der Waals surface area contributed by atoms with E-state index in [1.54, 1.807) is 0 Å². The number of hydrogen-bond donors (Lipinski definition) is 0. The number of pyridine rings is 1. The zero-order valence-corrected chi connectivity index (χ0v) is 13.7. The van der Waals surface area contributed by atoms with E-state index in [1.165, 1.54) is 25.9 Å². The summed E-state index contributed by atoms with van der Waals surface area (Å²) >= 11 is 0. The van der Waals surface area contributed by atoms with Crippen molar-refractivity contribution in [2.24, 2.45) is 0 Å². The average Bonchev–Trinajstić information content (AvgIpc) is 2.74. The van der Waals surface area contributed by atoms with Gasteiger partial charge in [-0.3, -0.25) is 4.90 Å². The van der Waals surface area contributed by atoms with Gasteiger partial charge in [0.15, 0.2) is 0 Å². The molecule has 0 amide bonds. The minimum Gasteiger partial charge on any atom is -0.471 e. The Morgan fingerprint density at radius 1 is 1.23 bits per heavy atom. The molecule has 2 saturated heterocycles. The molecule has 0 aromatic carbocycles. The molecule has 1 aromatic heterocycles. The molecule has 122 valence electrons. The van der Waals surface area contributed by atoms with Crippen LogP contribution in [0.4, 0.5) is 0 Å². The maximum absolute atomic E-state index is 6.07. The zero-order valence-electron chi connectivity index (χ0n) is 13.7. The summed E-state index contributed by atoms with van der Waals surface area (Å²) in [6.45, 7) is 7.76. The molecule has 3 heterocycles. The molecular weight excluding hydrogens is 278 g/mol. The lowest BCUT2D eigenvalue weighted by molar-refractivity contribution is 0.0635. The monoisotopic (exact) mass is 305 g/mol. The van der Waals surface area contributed by atoms with Crippen LogP contribution in [0.5, 0.6) is 5.88 Å². The summed E-state index contributed by atoms with van der Waals surface area (Å²) in [5, 5.41) is 0. The highest BCUT2D eigenvalue weighted by Crippen LogP contribution is 2.19. The molecule has 1 atom stereocenters. The first-order valence-corrected chi connectivity index (χ1v) is 8.31. The highest BCUT2D eigenvalue weighted by molar-refractivity contribution is 5.15. The van der Waals surface area contributed by atoms with Gasteiger partial charge in [-0.1, -0.05) is 6.07 Å². The Kier molecular flexibility index (Phi) is 5.28. The number of piperidine rings is 1. The van der Waals surface area contributed by atoms with Crippen LogP contribution in [0.25, 0.3) is 0 Å². The quantitative estimate of drug-likeness (QED) is 0.847. The van der Waals surface area contributed by atoms with Crippen molar-refractivity contribution in [1.29, 1.82) is 0 Å². The summed E-state index contributed by atoms with van der Waals surface area (Å²) < 4.78 is 11.8. The van der Waals surface area contributed by atoms with Gasteiger partial charge in [0.2, 0.25) is 5.88 Å². The number of likely N-dealkylation sites (tertiary alicyclic amines) is 1. The van der Waals surface area contributed by atoms with Gasteiger partial charge < -0.3 is 14.4 Å². The summed E-state index contributed by atoms with van der Waals surface area (Å²) in [5.41, 5.74) is 0.985. The van der Waals surface area contributed by atoms with Crippen molar-refractivity contribution < 1.29 is 9.47 Å². The number of aryl methyl sites for hydroxylation is 1. The highest BCUT2D eigenvalue weighted by Gasteiger charge is 2.28. The van der Waals surface area contributed by atoms with Gasteiger partial charge in [-0.15, -0.1) is 0 Å². The van der Waals surface area contributed by atoms with Crippen LogP contribution in [0.1, 0.15) is 18.5 Å². The third kappa shape index (κ3) is 4.18. The van der Waals surface area contributed by atoms with E-state index in [1.807, 2.05) is 25.1 Å². The van der Waals surface area contributed by atoms with Gasteiger partial charge in [0.1, 0.15) is 6.10 Å². The fraction of sp³-hybridized carbons (Fsp3) is 0.706. The van der Waals surface area contributed by atoms with Crippen LogP contribution in [0.3, 0.4) is 0 Å². The van der Waals surface area contributed by atoms with Crippen molar-refractivity contribution in [3.8, 4) is 5.88 Å². The van der Waals surface area contributed by atoms with Crippen LogP contribution < -0.4 is 4.74 Å². The molecule has 2 fully saturated rings. The molecule has 5 nitrogen and oxygen atoms in total. The first-order chi connectivity index (χ1) is 10.7. The average molecular weight is 305 g/mol. The molecule has 0 unspecified atom stereocenters. The van der Waals surface area contributed by atoms with E-state index in [0.717, 1.165) is 25.4 Å². The molecule has 2 aliphatic heterocycles. The SMILES string of the molecule is Cc1cccc(O[C@H]2COCCN(C3CCN(C)CC3)C2)n1. The summed E-state index contributed by atoms with van der Waals surface area (Å²) in [7, 11) is 2.21. The molecule has 0 N–H and O–H groups in total. The first kappa shape index (κ1) is 15.7. The van der Waals surface area contributed by atoms with Crippen molar-refractivity contribution in [2.75, 3.05) is 46.4 Å². The Bertz CT molecular complexity index is 475. The molecule has 0 bridgehead atoms. The Morgan fingerprint density at radius 2 is 2.05 bits per heavy atom. The molecule has 0 spiro atoms. The van der Waals surface area contributed by atoms with E-state index < -0.39 is 0 Å². The summed E-state index contributed by atoms with van der Waals surface area (Å²) in [5.74, 6) is 0.707. The van der Waals surface area contributed by atoms with Gasteiger partial charge in [-0.2, -0.15) is 0 Å². The second-order valence-electron chi connectivity index (χ2n) is 6.46. The van der Waals surface area contributed by atoms with Gasteiger partial charge >= 0.3 is 0 Å². The smallest absolute Gasteiger partial charge is 0.213 e. The van der Waals surface area contributed by atoms with Crippen LogP contribution in [-0.2, 0) is 4.74 Å². The number of hydrogen-bond acceptors (Lipinski definition) is 5. The number of rotatable bonds is 3. The van der Waals surface area contributed by atoms with Crippen LogP contribution in [-0.4, -0.2) is 73.4 Å². The number of aromatic nitrogens is 1. The normalized spacial score (nSPS) is 25.8. The summed E-state index contributed by atoms with van der Waals surface area (Å²) in [4.78, 5) is 9.41. The third-order valence-corrected chi connectivity index (χ3v) is 4.62. The van der Waals surface area contributed by atoms with E-state index in [-0.39, 0.29) is 6.10 Å². The predicted molar refractivity (Wildman–Crippen MR) is 86.3 cm³/mol. The molecule has 1 aromatic rings.